The minimum absolute atomic E-state index is 0.232. The molecule has 182 valence electrons. The second-order valence-corrected chi connectivity index (χ2v) is 9.36. The Hall–Kier alpha value is -2.29. The number of urea groups is 1. The maximum Gasteiger partial charge on any atom is 0.320 e. The number of hydrogen-bond acceptors (Lipinski definition) is 5. The van der Waals surface area contributed by atoms with Crippen molar-refractivity contribution in [1.82, 2.24) is 28.0 Å². The lowest BCUT2D eigenvalue weighted by Crippen LogP contribution is -2.42. The highest BCUT2D eigenvalue weighted by molar-refractivity contribution is 14.1. The quantitative estimate of drug-likeness (QED) is 0.402. The predicted octanol–water partition coefficient (Wildman–Crippen LogP) is 3.65. The summed E-state index contributed by atoms with van der Waals surface area (Å²) in [6, 6.07) is 3.02. The van der Waals surface area contributed by atoms with Gasteiger partial charge in [-0.15, -0.1) is 0 Å². The monoisotopic (exact) mass is 605 g/mol. The summed E-state index contributed by atoms with van der Waals surface area (Å²) >= 11 is 8.52. The molecule has 3 heterocycles. The third kappa shape index (κ3) is 5.34. The summed E-state index contributed by atoms with van der Waals surface area (Å²) in [5.41, 5.74) is 1.82. The molecule has 1 aliphatic heterocycles. The zero-order chi connectivity index (χ0) is 24.4. The Balaban J connectivity index is 1.51. The minimum atomic E-state index is -0.917. The van der Waals surface area contributed by atoms with Gasteiger partial charge in [-0.3, -0.25) is 14.9 Å². The number of nitrogens with zero attached hydrogens (tertiary/aromatic N) is 5. The summed E-state index contributed by atoms with van der Waals surface area (Å²) in [5.74, 6) is -1.73. The molecule has 2 aromatic heterocycles. The van der Waals surface area contributed by atoms with E-state index in [0.717, 1.165) is 6.07 Å². The number of benzene rings is 1. The number of anilines is 1. The van der Waals surface area contributed by atoms with Gasteiger partial charge in [0.2, 0.25) is 0 Å². The molecule has 13 heteroatoms. The molecule has 1 fully saturated rings. The molecule has 1 aliphatic rings. The van der Waals surface area contributed by atoms with Crippen molar-refractivity contribution in [2.45, 2.75) is 12.0 Å². The molecular weight excluding hydrogens is 583 g/mol. The van der Waals surface area contributed by atoms with Gasteiger partial charge < -0.3 is 10.1 Å². The third-order valence-corrected chi connectivity index (χ3v) is 6.63. The minimum Gasteiger partial charge on any atom is -0.383 e. The van der Waals surface area contributed by atoms with Crippen LogP contribution in [0.5, 0.6) is 0 Å². The molecule has 0 radical (unpaired) electrons. The highest BCUT2D eigenvalue weighted by Gasteiger charge is 2.35. The number of nitrogens with one attached hydrogen (secondary N) is 2. The summed E-state index contributed by atoms with van der Waals surface area (Å²) < 4.78 is 35.6. The highest BCUT2D eigenvalue weighted by atomic mass is 127. The number of amides is 2. The van der Waals surface area contributed by atoms with Gasteiger partial charge in [-0.2, -0.15) is 10.2 Å². The molecular formula is C21H23ClF2IN7O2. The van der Waals surface area contributed by atoms with Gasteiger partial charge in [-0.1, -0.05) is 17.7 Å². The number of hydrogen-bond donors (Lipinski definition) is 2. The van der Waals surface area contributed by atoms with Crippen LogP contribution in [0.4, 0.5) is 19.4 Å². The number of aromatic nitrogens is 4. The van der Waals surface area contributed by atoms with E-state index in [1.165, 1.54) is 10.7 Å². The summed E-state index contributed by atoms with van der Waals surface area (Å²) in [6.45, 7) is 2.26. The fraction of sp³-hybridized carbons (Fsp3) is 0.381. The molecule has 2 atom stereocenters. The van der Waals surface area contributed by atoms with Crippen LogP contribution in [0.25, 0.3) is 11.3 Å². The maximum atomic E-state index is 13.9. The Labute approximate surface area is 213 Å². The number of carbonyl (C=O) groups is 1. The predicted molar refractivity (Wildman–Crippen MR) is 132 cm³/mol. The van der Waals surface area contributed by atoms with Crippen LogP contribution in [0.2, 0.25) is 5.02 Å². The first-order valence-electron chi connectivity index (χ1n) is 10.4. The molecule has 0 unspecified atom stereocenters. The average Bonchev–Trinajstić information content (AvgIpc) is 3.48. The van der Waals surface area contributed by atoms with Crippen LogP contribution >= 0.6 is 34.5 Å². The first-order valence-corrected chi connectivity index (χ1v) is 11.8. The SMILES string of the molecule is COCCN1C[C@@H](NC(=O)Nc2c(Cl)c(-c3cnn(I)c3)nn2C)[C@H](c2ccc(F)c(F)c2)C1. The van der Waals surface area contributed by atoms with E-state index in [9.17, 15) is 13.6 Å². The first kappa shape index (κ1) is 24.8. The number of rotatable bonds is 7. The van der Waals surface area contributed by atoms with Crippen LogP contribution in [-0.4, -0.2) is 68.1 Å². The molecule has 4 rings (SSSR count). The van der Waals surface area contributed by atoms with Crippen molar-refractivity contribution in [2.75, 3.05) is 38.7 Å². The van der Waals surface area contributed by atoms with E-state index in [1.54, 1.807) is 35.5 Å². The van der Waals surface area contributed by atoms with Crippen molar-refractivity contribution < 1.29 is 18.3 Å². The molecule has 1 aromatic carbocycles. The lowest BCUT2D eigenvalue weighted by atomic mass is 9.94. The zero-order valence-corrected chi connectivity index (χ0v) is 21.3. The van der Waals surface area contributed by atoms with Crippen molar-refractivity contribution in [3.8, 4) is 11.3 Å². The summed E-state index contributed by atoms with van der Waals surface area (Å²) in [7, 11) is 3.29. The number of methoxy groups -OCH3 is 1. The topological polar surface area (TPSA) is 89.2 Å². The summed E-state index contributed by atoms with van der Waals surface area (Å²) in [4.78, 5) is 15.0. The summed E-state index contributed by atoms with van der Waals surface area (Å²) in [6.07, 6.45) is 3.39. The van der Waals surface area contributed by atoms with Crippen LogP contribution in [0.3, 0.4) is 0 Å². The largest absolute Gasteiger partial charge is 0.383 e. The first-order chi connectivity index (χ1) is 16.3. The van der Waals surface area contributed by atoms with E-state index in [0.29, 0.717) is 48.9 Å². The number of ether oxygens (including phenoxy) is 1. The van der Waals surface area contributed by atoms with Crippen LogP contribution < -0.4 is 10.6 Å². The average molecular weight is 606 g/mol. The van der Waals surface area contributed by atoms with Gasteiger partial charge in [0.25, 0.3) is 0 Å². The van der Waals surface area contributed by atoms with Crippen LogP contribution in [0, 0.1) is 11.6 Å². The van der Waals surface area contributed by atoms with Gasteiger partial charge in [0.05, 0.1) is 41.7 Å². The normalized spacial score (nSPS) is 18.4. The van der Waals surface area contributed by atoms with Gasteiger partial charge in [0.1, 0.15) is 10.7 Å². The molecule has 9 nitrogen and oxygen atoms in total. The third-order valence-electron chi connectivity index (χ3n) is 5.74. The standard InChI is InChI=1S/C21H23ClF2IN7O2/c1-30-20(18(22)19(29-30)13-8-26-32(25)9-13)28-21(33)27-17-11-31(5-6-34-2)10-14(17)12-3-4-15(23)16(24)7-12/h3-4,7-9,14,17H,5-6,10-11H2,1-2H3,(H2,27,28,33)/t14-,17+/m0/s1. The lowest BCUT2D eigenvalue weighted by molar-refractivity contribution is 0.159. The molecule has 1 saturated heterocycles. The Kier molecular flexibility index (Phi) is 7.70. The molecule has 2 N–H and O–H groups in total. The van der Waals surface area contributed by atoms with E-state index in [1.807, 2.05) is 22.9 Å². The smallest absolute Gasteiger partial charge is 0.320 e. The Morgan fingerprint density at radius 2 is 2.12 bits per heavy atom. The fourth-order valence-electron chi connectivity index (χ4n) is 4.07. The number of halogens is 4. The zero-order valence-electron chi connectivity index (χ0n) is 18.4. The van der Waals surface area contributed by atoms with Crippen molar-refractivity contribution in [2.24, 2.45) is 7.05 Å². The van der Waals surface area contributed by atoms with E-state index in [2.05, 4.69) is 25.7 Å². The molecule has 34 heavy (non-hydrogen) atoms. The second kappa shape index (κ2) is 10.5. The van der Waals surface area contributed by atoms with E-state index < -0.39 is 17.7 Å². The highest BCUT2D eigenvalue weighted by Crippen LogP contribution is 2.33. The van der Waals surface area contributed by atoms with Crippen LogP contribution in [0.1, 0.15) is 11.5 Å². The van der Waals surface area contributed by atoms with Crippen LogP contribution in [-0.2, 0) is 11.8 Å². The Morgan fingerprint density at radius 1 is 1.32 bits per heavy atom. The van der Waals surface area contributed by atoms with E-state index in [-0.39, 0.29) is 17.0 Å². The van der Waals surface area contributed by atoms with Crippen molar-refractivity contribution in [3.05, 3.63) is 52.8 Å². The van der Waals surface area contributed by atoms with E-state index in [4.69, 9.17) is 16.3 Å². The fourth-order valence-corrected chi connectivity index (χ4v) is 4.81. The van der Waals surface area contributed by atoms with E-state index >= 15 is 0 Å². The molecule has 0 bridgehead atoms. The maximum absolute atomic E-state index is 13.9. The van der Waals surface area contributed by atoms with Crippen molar-refractivity contribution in [1.29, 1.82) is 0 Å². The van der Waals surface area contributed by atoms with Crippen molar-refractivity contribution >= 4 is 46.3 Å². The molecule has 0 aliphatic carbocycles. The van der Waals surface area contributed by atoms with Gasteiger partial charge in [-0.05, 0) is 17.7 Å². The lowest BCUT2D eigenvalue weighted by Gasteiger charge is -2.21. The molecule has 0 saturated carbocycles. The van der Waals surface area contributed by atoms with Gasteiger partial charge in [0.15, 0.2) is 17.5 Å². The van der Waals surface area contributed by atoms with Crippen LogP contribution in [0.15, 0.2) is 30.6 Å². The second-order valence-electron chi connectivity index (χ2n) is 7.99. The number of aryl methyl sites for hydroxylation is 1. The Morgan fingerprint density at radius 3 is 2.79 bits per heavy atom. The number of carbonyl (C=O) groups excluding carboxylic acids is 1. The summed E-state index contributed by atoms with van der Waals surface area (Å²) in [5, 5.41) is 14.5. The number of likely N-dealkylation sites (tertiary alicyclic amines) is 1. The Bertz CT molecular complexity index is 1190. The van der Waals surface area contributed by atoms with Gasteiger partial charge in [-0.25, -0.2) is 16.5 Å². The molecule has 3 aromatic rings. The molecule has 0 spiro atoms. The van der Waals surface area contributed by atoms with Gasteiger partial charge >= 0.3 is 6.03 Å². The van der Waals surface area contributed by atoms with Gasteiger partial charge in [0, 0.05) is 51.5 Å². The molecule has 2 amide bonds. The van der Waals surface area contributed by atoms with Crippen molar-refractivity contribution in [3.63, 3.8) is 0 Å².